The van der Waals surface area contributed by atoms with Gasteiger partial charge in [0.25, 0.3) is 0 Å². The Morgan fingerprint density at radius 2 is 2.04 bits per heavy atom. The number of rotatable bonds is 6. The molecular formula is C21H30ClN3O2. The Hall–Kier alpha value is -1.59. The Labute approximate surface area is 168 Å². The average molecular weight is 393 g/mol. The predicted octanol–water partition coefficient (Wildman–Crippen LogP) is 3.24. The molecule has 1 aromatic rings. The number of carbonyl (C=O) groups excluding carboxylic acids is 2. The van der Waals surface area contributed by atoms with Crippen molar-refractivity contribution in [3.05, 3.63) is 34.9 Å². The molecule has 2 aliphatic rings. The van der Waals surface area contributed by atoms with Crippen molar-refractivity contribution in [2.75, 3.05) is 6.54 Å². The summed E-state index contributed by atoms with van der Waals surface area (Å²) < 4.78 is 8.59. The SMILES string of the molecule is [2H]C1(C[C@H](N)C(=O)N2CCC[C@H]2C(=O)NCc2cccc(Cl)c2)CCCCC1. The first kappa shape index (κ1) is 18.8. The van der Waals surface area contributed by atoms with Gasteiger partial charge in [-0.3, -0.25) is 9.59 Å². The molecule has 1 saturated carbocycles. The smallest absolute Gasteiger partial charge is 0.243 e. The number of nitrogens with zero attached hydrogens (tertiary/aromatic N) is 1. The predicted molar refractivity (Wildman–Crippen MR) is 107 cm³/mol. The normalized spacial score (nSPS) is 23.6. The molecule has 5 nitrogen and oxygen atoms in total. The van der Waals surface area contributed by atoms with Crippen molar-refractivity contribution in [3.63, 3.8) is 0 Å². The van der Waals surface area contributed by atoms with Gasteiger partial charge in [0, 0.05) is 19.5 Å². The summed E-state index contributed by atoms with van der Waals surface area (Å²) in [5.74, 6) is -0.953. The van der Waals surface area contributed by atoms with E-state index in [4.69, 9.17) is 18.7 Å². The van der Waals surface area contributed by atoms with E-state index in [1.807, 2.05) is 18.2 Å². The number of halogens is 1. The van der Waals surface area contributed by atoms with Gasteiger partial charge in [0.15, 0.2) is 0 Å². The van der Waals surface area contributed by atoms with Gasteiger partial charge in [0.05, 0.1) is 6.04 Å². The summed E-state index contributed by atoms with van der Waals surface area (Å²) >= 11 is 5.98. The molecule has 1 aliphatic carbocycles. The molecule has 27 heavy (non-hydrogen) atoms. The van der Waals surface area contributed by atoms with Crippen LogP contribution < -0.4 is 11.1 Å². The lowest BCUT2D eigenvalue weighted by atomic mass is 9.84. The summed E-state index contributed by atoms with van der Waals surface area (Å²) in [6.45, 7) is 0.923. The summed E-state index contributed by atoms with van der Waals surface area (Å²) in [7, 11) is 0. The Kier molecular flexibility index (Phi) is 6.64. The Morgan fingerprint density at radius 1 is 1.26 bits per heavy atom. The van der Waals surface area contributed by atoms with Gasteiger partial charge in [-0.15, -0.1) is 0 Å². The number of hydrogen-bond acceptors (Lipinski definition) is 3. The van der Waals surface area contributed by atoms with E-state index in [9.17, 15) is 9.59 Å². The van der Waals surface area contributed by atoms with E-state index in [2.05, 4.69) is 5.32 Å². The minimum atomic E-state index is -0.711. The van der Waals surface area contributed by atoms with Crippen molar-refractivity contribution in [1.29, 1.82) is 0 Å². The van der Waals surface area contributed by atoms with E-state index >= 15 is 0 Å². The quantitative estimate of drug-likeness (QED) is 0.780. The van der Waals surface area contributed by atoms with Crippen molar-refractivity contribution in [2.45, 2.75) is 70.0 Å². The highest BCUT2D eigenvalue weighted by atomic mass is 35.5. The van der Waals surface area contributed by atoms with Gasteiger partial charge in [0.1, 0.15) is 6.04 Å². The molecule has 3 rings (SSSR count). The molecule has 2 atom stereocenters. The molecule has 0 unspecified atom stereocenters. The van der Waals surface area contributed by atoms with E-state index in [1.54, 1.807) is 11.0 Å². The topological polar surface area (TPSA) is 75.4 Å². The maximum Gasteiger partial charge on any atom is 0.243 e. The molecular weight excluding hydrogens is 362 g/mol. The highest BCUT2D eigenvalue weighted by Gasteiger charge is 2.36. The van der Waals surface area contributed by atoms with Gasteiger partial charge < -0.3 is 16.0 Å². The molecule has 0 spiro atoms. The minimum Gasteiger partial charge on any atom is -0.350 e. The van der Waals surface area contributed by atoms with E-state index in [1.165, 1.54) is 0 Å². The first-order chi connectivity index (χ1) is 13.4. The Balaban J connectivity index is 1.56. The first-order valence-corrected chi connectivity index (χ1v) is 10.3. The van der Waals surface area contributed by atoms with Crippen molar-refractivity contribution in [1.82, 2.24) is 10.2 Å². The van der Waals surface area contributed by atoms with Crippen LogP contribution in [-0.4, -0.2) is 35.3 Å². The van der Waals surface area contributed by atoms with Gasteiger partial charge in [-0.2, -0.15) is 0 Å². The minimum absolute atomic E-state index is 0.156. The van der Waals surface area contributed by atoms with Crippen molar-refractivity contribution in [3.8, 4) is 0 Å². The molecule has 0 radical (unpaired) electrons. The molecule has 0 bridgehead atoms. The van der Waals surface area contributed by atoms with Crippen LogP contribution in [0.15, 0.2) is 24.3 Å². The number of benzene rings is 1. The largest absolute Gasteiger partial charge is 0.350 e. The van der Waals surface area contributed by atoms with E-state index in [-0.39, 0.29) is 11.8 Å². The van der Waals surface area contributed by atoms with Crippen LogP contribution in [0.3, 0.4) is 0 Å². The van der Waals surface area contributed by atoms with Gasteiger partial charge in [-0.1, -0.05) is 55.8 Å². The molecule has 2 amide bonds. The third-order valence-electron chi connectivity index (χ3n) is 5.58. The second kappa shape index (κ2) is 9.56. The van der Waals surface area contributed by atoms with Crippen molar-refractivity contribution in [2.24, 2.45) is 11.6 Å². The van der Waals surface area contributed by atoms with Crippen LogP contribution in [0.1, 0.15) is 58.3 Å². The fourth-order valence-corrected chi connectivity index (χ4v) is 4.34. The van der Waals surface area contributed by atoms with Crippen LogP contribution in [0.25, 0.3) is 0 Å². The summed E-state index contributed by atoms with van der Waals surface area (Å²) in [5.41, 5.74) is 7.12. The standard InChI is InChI=1S/C21H30ClN3O2/c22-17-9-4-8-16(12-17)14-24-20(26)19-10-5-11-25(19)21(27)18(23)13-15-6-2-1-3-7-15/h4,8-9,12,15,18-19H,1-3,5-7,10-11,13-14,23H2,(H,24,26)/t18-,19-/m0/s1/i15D. The van der Waals surface area contributed by atoms with Crippen LogP contribution >= 0.6 is 11.6 Å². The van der Waals surface area contributed by atoms with E-state index < -0.39 is 18.0 Å². The van der Waals surface area contributed by atoms with Gasteiger partial charge in [-0.05, 0) is 42.9 Å². The number of nitrogens with one attached hydrogen (secondary N) is 1. The first-order valence-electron chi connectivity index (χ1n) is 10.5. The number of hydrogen-bond donors (Lipinski definition) is 2. The Morgan fingerprint density at radius 3 is 2.78 bits per heavy atom. The maximum atomic E-state index is 12.9. The summed E-state index contributed by atoms with van der Waals surface area (Å²) in [6.07, 6.45) is 6.63. The second-order valence-electron chi connectivity index (χ2n) is 7.66. The molecule has 1 heterocycles. The monoisotopic (exact) mass is 392 g/mol. The lowest BCUT2D eigenvalue weighted by molar-refractivity contribution is -0.139. The van der Waals surface area contributed by atoms with Gasteiger partial charge >= 0.3 is 0 Å². The van der Waals surface area contributed by atoms with E-state index in [0.717, 1.165) is 44.1 Å². The highest BCUT2D eigenvalue weighted by molar-refractivity contribution is 6.30. The summed E-state index contributed by atoms with van der Waals surface area (Å²) in [4.78, 5) is 27.2. The number of likely N-dealkylation sites (tertiary alicyclic amines) is 1. The van der Waals surface area contributed by atoms with Crippen LogP contribution in [0.4, 0.5) is 0 Å². The lowest BCUT2D eigenvalue weighted by Crippen LogP contribution is -2.51. The molecule has 0 aromatic heterocycles. The maximum absolute atomic E-state index is 12.9. The molecule has 1 aromatic carbocycles. The zero-order valence-electron chi connectivity index (χ0n) is 16.8. The van der Waals surface area contributed by atoms with Crippen molar-refractivity contribution >= 4 is 23.4 Å². The fraction of sp³-hybridized carbons (Fsp3) is 0.619. The van der Waals surface area contributed by atoms with Crippen LogP contribution in [-0.2, 0) is 16.1 Å². The third kappa shape index (κ3) is 5.45. The molecule has 2 fully saturated rings. The van der Waals surface area contributed by atoms with Crippen LogP contribution in [0.2, 0.25) is 5.02 Å². The average Bonchev–Trinajstić information content (AvgIpc) is 3.15. The molecule has 6 heteroatoms. The summed E-state index contributed by atoms with van der Waals surface area (Å²) in [6, 6.07) is 6.15. The number of amides is 2. The van der Waals surface area contributed by atoms with E-state index in [0.29, 0.717) is 31.0 Å². The van der Waals surface area contributed by atoms with Gasteiger partial charge in [0.2, 0.25) is 11.8 Å². The molecule has 3 N–H and O–H groups in total. The zero-order chi connectivity index (χ0) is 20.1. The number of carbonyl (C=O) groups is 2. The second-order valence-corrected chi connectivity index (χ2v) is 8.10. The molecule has 148 valence electrons. The van der Waals surface area contributed by atoms with Crippen LogP contribution in [0.5, 0.6) is 0 Å². The lowest BCUT2D eigenvalue weighted by Gasteiger charge is -2.29. The Bertz CT molecular complexity index is 709. The molecule has 1 saturated heterocycles. The fourth-order valence-electron chi connectivity index (χ4n) is 4.12. The van der Waals surface area contributed by atoms with Gasteiger partial charge in [-0.25, -0.2) is 0 Å². The highest BCUT2D eigenvalue weighted by Crippen LogP contribution is 2.28. The van der Waals surface area contributed by atoms with Crippen molar-refractivity contribution < 1.29 is 11.0 Å². The number of nitrogens with two attached hydrogens (primary N) is 1. The summed E-state index contributed by atoms with van der Waals surface area (Å²) in [5, 5.41) is 3.54. The third-order valence-corrected chi connectivity index (χ3v) is 5.82. The van der Waals surface area contributed by atoms with Crippen LogP contribution in [0, 0.1) is 5.89 Å². The zero-order valence-corrected chi connectivity index (χ0v) is 16.5. The molecule has 1 aliphatic heterocycles.